The number of hydrogen-bond donors (Lipinski definition) is 1. The largest absolute Gasteiger partial charge is 0.369 e. The lowest BCUT2D eigenvalue weighted by Crippen LogP contribution is -2.36. The summed E-state index contributed by atoms with van der Waals surface area (Å²) in [6, 6.07) is 13.3. The summed E-state index contributed by atoms with van der Waals surface area (Å²) in [4.78, 5) is 6.28. The van der Waals surface area contributed by atoms with Crippen LogP contribution in [-0.2, 0) is 0 Å². The smallest absolute Gasteiger partial charge is 0.196 e. The van der Waals surface area contributed by atoms with Gasteiger partial charge in [-0.05, 0) is 29.8 Å². The highest BCUT2D eigenvalue weighted by Gasteiger charge is 2.31. The third-order valence-electron chi connectivity index (χ3n) is 3.42. The van der Waals surface area contributed by atoms with Gasteiger partial charge >= 0.3 is 0 Å². The molecule has 0 saturated heterocycles. The first kappa shape index (κ1) is 14.7. The summed E-state index contributed by atoms with van der Waals surface area (Å²) >= 11 is 16.1. The molecule has 0 bridgehead atoms. The second-order valence-electron chi connectivity index (χ2n) is 4.70. The molecule has 0 fully saturated rings. The van der Waals surface area contributed by atoms with Gasteiger partial charge in [0.1, 0.15) is 0 Å². The minimum absolute atomic E-state index is 0.0505. The third-order valence-corrected chi connectivity index (χ3v) is 4.56. The number of hydrogen-bond acceptors (Lipinski definition) is 3. The lowest BCUT2D eigenvalue weighted by atomic mass is 10.1. The third kappa shape index (κ3) is 2.76. The molecule has 2 N–H and O–H groups in total. The van der Waals surface area contributed by atoms with Crippen LogP contribution in [0.5, 0.6) is 0 Å². The summed E-state index contributed by atoms with van der Waals surface area (Å²) in [5.74, 6) is 0.451. The van der Waals surface area contributed by atoms with E-state index in [0.717, 1.165) is 15.7 Å². The van der Waals surface area contributed by atoms with Crippen molar-refractivity contribution in [2.45, 2.75) is 6.04 Å². The Labute approximate surface area is 141 Å². The number of halogens is 3. The summed E-state index contributed by atoms with van der Waals surface area (Å²) in [5, 5.41) is 1.31. The van der Waals surface area contributed by atoms with Gasteiger partial charge in [-0.3, -0.25) is 4.99 Å². The van der Waals surface area contributed by atoms with Crippen LogP contribution in [0.1, 0.15) is 11.6 Å². The van der Waals surface area contributed by atoms with Gasteiger partial charge in [-0.15, -0.1) is 0 Å². The summed E-state index contributed by atoms with van der Waals surface area (Å²) in [6.45, 7) is 0.554. The van der Waals surface area contributed by atoms with E-state index >= 15 is 0 Å². The quantitative estimate of drug-likeness (QED) is 0.819. The molecule has 1 heterocycles. The first-order valence-electron chi connectivity index (χ1n) is 6.36. The number of anilines is 1. The van der Waals surface area contributed by atoms with Crippen LogP contribution in [0, 0.1) is 0 Å². The van der Waals surface area contributed by atoms with Crippen molar-refractivity contribution in [3.8, 4) is 0 Å². The number of nitrogens with zero attached hydrogens (tertiary/aromatic N) is 2. The molecule has 1 aliphatic heterocycles. The lowest BCUT2D eigenvalue weighted by molar-refractivity contribution is 0.769. The Kier molecular flexibility index (Phi) is 4.11. The first-order valence-corrected chi connectivity index (χ1v) is 7.91. The molecule has 0 amide bonds. The minimum atomic E-state index is -0.0505. The number of benzene rings is 2. The Morgan fingerprint density at radius 1 is 1.14 bits per heavy atom. The van der Waals surface area contributed by atoms with E-state index in [2.05, 4.69) is 20.9 Å². The molecule has 0 radical (unpaired) electrons. The molecular weight excluding hydrogens is 373 g/mol. The van der Waals surface area contributed by atoms with Gasteiger partial charge in [0.05, 0.1) is 23.3 Å². The molecule has 0 aromatic heterocycles. The number of aliphatic imine (C=N–C) groups is 1. The van der Waals surface area contributed by atoms with Crippen LogP contribution < -0.4 is 10.6 Å². The van der Waals surface area contributed by atoms with Crippen LogP contribution in [0.2, 0.25) is 10.0 Å². The molecule has 0 saturated carbocycles. The fourth-order valence-corrected chi connectivity index (χ4v) is 3.47. The molecule has 3 nitrogen and oxygen atoms in total. The zero-order valence-electron chi connectivity index (χ0n) is 10.9. The normalized spacial score (nSPS) is 18.0. The first-order chi connectivity index (χ1) is 10.1. The van der Waals surface area contributed by atoms with Gasteiger partial charge in [0, 0.05) is 9.50 Å². The van der Waals surface area contributed by atoms with E-state index in [-0.39, 0.29) is 6.04 Å². The minimum Gasteiger partial charge on any atom is -0.369 e. The van der Waals surface area contributed by atoms with Crippen molar-refractivity contribution >= 4 is 50.8 Å². The highest BCUT2D eigenvalue weighted by molar-refractivity contribution is 9.10. The van der Waals surface area contributed by atoms with Crippen LogP contribution in [0.15, 0.2) is 51.9 Å². The summed E-state index contributed by atoms with van der Waals surface area (Å²) in [7, 11) is 0. The Morgan fingerprint density at radius 2 is 1.90 bits per heavy atom. The van der Waals surface area contributed by atoms with Crippen molar-refractivity contribution in [3.05, 3.63) is 62.5 Å². The lowest BCUT2D eigenvalue weighted by Gasteiger charge is -2.28. The molecule has 1 unspecified atom stereocenters. The Balaban J connectivity index is 2.05. The molecule has 0 spiro atoms. The summed E-state index contributed by atoms with van der Waals surface area (Å²) in [5.41, 5.74) is 7.86. The number of para-hydroxylation sites is 1. The number of rotatable bonds is 2. The van der Waals surface area contributed by atoms with E-state index in [0.29, 0.717) is 22.5 Å². The number of guanidine groups is 1. The van der Waals surface area contributed by atoms with Crippen molar-refractivity contribution in [3.63, 3.8) is 0 Å². The van der Waals surface area contributed by atoms with E-state index in [1.807, 2.05) is 47.4 Å². The van der Waals surface area contributed by atoms with Gasteiger partial charge in [-0.2, -0.15) is 0 Å². The van der Waals surface area contributed by atoms with Crippen LogP contribution in [0.4, 0.5) is 5.69 Å². The summed E-state index contributed by atoms with van der Waals surface area (Å²) < 4.78 is 0.937. The average Bonchev–Trinajstić information content (AvgIpc) is 2.81. The van der Waals surface area contributed by atoms with Crippen LogP contribution >= 0.6 is 39.1 Å². The highest BCUT2D eigenvalue weighted by Crippen LogP contribution is 2.38. The van der Waals surface area contributed by atoms with Gasteiger partial charge < -0.3 is 10.6 Å². The molecule has 1 atom stereocenters. The van der Waals surface area contributed by atoms with Crippen molar-refractivity contribution in [2.24, 2.45) is 10.7 Å². The maximum absolute atomic E-state index is 6.37. The van der Waals surface area contributed by atoms with E-state index in [9.17, 15) is 0 Å². The van der Waals surface area contributed by atoms with Crippen molar-refractivity contribution in [1.82, 2.24) is 0 Å². The Morgan fingerprint density at radius 3 is 2.62 bits per heavy atom. The molecule has 3 rings (SSSR count). The molecule has 0 aliphatic carbocycles. The van der Waals surface area contributed by atoms with E-state index in [1.165, 1.54) is 0 Å². The fraction of sp³-hybridized carbons (Fsp3) is 0.133. The Bertz CT molecular complexity index is 718. The second-order valence-corrected chi connectivity index (χ2v) is 6.43. The van der Waals surface area contributed by atoms with Gasteiger partial charge in [-0.1, -0.05) is 57.3 Å². The van der Waals surface area contributed by atoms with Crippen LogP contribution in [-0.4, -0.2) is 12.5 Å². The van der Waals surface area contributed by atoms with Crippen LogP contribution in [0.3, 0.4) is 0 Å². The van der Waals surface area contributed by atoms with E-state index in [1.54, 1.807) is 0 Å². The molecule has 1 aliphatic rings. The predicted octanol–water partition coefficient (Wildman–Crippen LogP) is 4.63. The van der Waals surface area contributed by atoms with E-state index < -0.39 is 0 Å². The molecule has 21 heavy (non-hydrogen) atoms. The molecular formula is C15H12BrCl2N3. The molecule has 6 heteroatoms. The highest BCUT2D eigenvalue weighted by atomic mass is 79.9. The zero-order valence-corrected chi connectivity index (χ0v) is 14.0. The van der Waals surface area contributed by atoms with Crippen molar-refractivity contribution < 1.29 is 0 Å². The average molecular weight is 385 g/mol. The molecule has 108 valence electrons. The maximum atomic E-state index is 6.37. The monoisotopic (exact) mass is 383 g/mol. The molecule has 2 aromatic rings. The van der Waals surface area contributed by atoms with E-state index in [4.69, 9.17) is 28.9 Å². The second kappa shape index (κ2) is 5.87. The number of nitrogens with two attached hydrogens (primary N) is 1. The van der Waals surface area contributed by atoms with Gasteiger partial charge in [0.15, 0.2) is 5.96 Å². The van der Waals surface area contributed by atoms with Gasteiger partial charge in [-0.25, -0.2) is 0 Å². The fourth-order valence-electron chi connectivity index (χ4n) is 2.45. The SMILES string of the molecule is NC1=NCC(c2ccc(Br)cc2Cl)N1c1ccccc1Cl. The van der Waals surface area contributed by atoms with Crippen molar-refractivity contribution in [2.75, 3.05) is 11.4 Å². The molecule has 2 aromatic carbocycles. The maximum Gasteiger partial charge on any atom is 0.196 e. The standard InChI is InChI=1S/C15H12BrCl2N3/c16-9-5-6-10(12(18)7-9)14-8-20-15(19)21(14)13-4-2-1-3-11(13)17/h1-7,14H,8H2,(H2,19,20). The van der Waals surface area contributed by atoms with Gasteiger partial charge in [0.2, 0.25) is 0 Å². The Hall–Kier alpha value is -1.23. The predicted molar refractivity (Wildman–Crippen MR) is 92.3 cm³/mol. The zero-order chi connectivity index (χ0) is 15.0. The van der Waals surface area contributed by atoms with Crippen LogP contribution in [0.25, 0.3) is 0 Å². The van der Waals surface area contributed by atoms with Crippen molar-refractivity contribution in [1.29, 1.82) is 0 Å². The topological polar surface area (TPSA) is 41.6 Å². The summed E-state index contributed by atoms with van der Waals surface area (Å²) in [6.07, 6.45) is 0. The van der Waals surface area contributed by atoms with Gasteiger partial charge in [0.25, 0.3) is 0 Å².